The third kappa shape index (κ3) is 3.26. The maximum atomic E-state index is 5.23. The Labute approximate surface area is 160 Å². The summed E-state index contributed by atoms with van der Waals surface area (Å²) >= 11 is 3.55. The fourth-order valence-corrected chi connectivity index (χ4v) is 3.17. The van der Waals surface area contributed by atoms with Gasteiger partial charge < -0.3 is 4.74 Å². The molecule has 26 heavy (non-hydrogen) atoms. The standard InChI is InChI=1S/C21H16BrN3O/c1-26-17-10-7-15(8-11-17)21-23-19-12-9-16(22)13-18(19)20(24-25-21)14-5-3-2-4-6-14/h2-13H,1H3,(H,23,25). The van der Waals surface area contributed by atoms with E-state index >= 15 is 0 Å². The third-order valence-electron chi connectivity index (χ3n) is 4.13. The lowest BCUT2D eigenvalue weighted by Crippen LogP contribution is -2.19. The van der Waals surface area contributed by atoms with Crippen LogP contribution < -0.4 is 10.2 Å². The third-order valence-corrected chi connectivity index (χ3v) is 4.62. The van der Waals surface area contributed by atoms with Crippen LogP contribution in [0.5, 0.6) is 5.75 Å². The number of ether oxygens (including phenoxy) is 1. The van der Waals surface area contributed by atoms with Gasteiger partial charge in [-0.2, -0.15) is 5.10 Å². The molecule has 0 aromatic heterocycles. The van der Waals surface area contributed by atoms with Crippen LogP contribution in [0, 0.1) is 0 Å². The van der Waals surface area contributed by atoms with Crippen molar-refractivity contribution >= 4 is 33.2 Å². The molecule has 1 aliphatic rings. The molecule has 0 unspecified atom stereocenters. The van der Waals surface area contributed by atoms with Crippen LogP contribution in [0.1, 0.15) is 16.7 Å². The monoisotopic (exact) mass is 405 g/mol. The lowest BCUT2D eigenvalue weighted by molar-refractivity contribution is 0.415. The zero-order chi connectivity index (χ0) is 17.9. The highest BCUT2D eigenvalue weighted by atomic mass is 79.9. The minimum Gasteiger partial charge on any atom is -0.497 e. The minimum atomic E-state index is 0.696. The van der Waals surface area contributed by atoms with Crippen molar-refractivity contribution in [2.75, 3.05) is 7.11 Å². The summed E-state index contributed by atoms with van der Waals surface area (Å²) in [5.74, 6) is 1.50. The molecule has 1 aliphatic heterocycles. The Kier molecular flexibility index (Phi) is 4.54. The van der Waals surface area contributed by atoms with Gasteiger partial charge in [0.05, 0.1) is 12.8 Å². The molecule has 4 rings (SSSR count). The van der Waals surface area contributed by atoms with Gasteiger partial charge in [0, 0.05) is 21.2 Å². The fourth-order valence-electron chi connectivity index (χ4n) is 2.80. The Morgan fingerprint density at radius 3 is 2.38 bits per heavy atom. The molecule has 0 bridgehead atoms. The van der Waals surface area contributed by atoms with E-state index in [4.69, 9.17) is 9.73 Å². The van der Waals surface area contributed by atoms with E-state index in [0.29, 0.717) is 5.84 Å². The number of amidine groups is 1. The first-order valence-electron chi connectivity index (χ1n) is 8.17. The van der Waals surface area contributed by atoms with Crippen LogP contribution in [0.25, 0.3) is 0 Å². The molecule has 0 saturated carbocycles. The highest BCUT2D eigenvalue weighted by Gasteiger charge is 2.17. The number of nitrogens with one attached hydrogen (secondary N) is 1. The van der Waals surface area contributed by atoms with Crippen molar-refractivity contribution in [3.63, 3.8) is 0 Å². The average Bonchev–Trinajstić information content (AvgIpc) is 2.88. The van der Waals surface area contributed by atoms with E-state index in [1.54, 1.807) is 7.11 Å². The molecule has 1 N–H and O–H groups in total. The summed E-state index contributed by atoms with van der Waals surface area (Å²) in [5, 5.41) is 4.66. The summed E-state index contributed by atoms with van der Waals surface area (Å²) in [6, 6.07) is 23.9. The van der Waals surface area contributed by atoms with Gasteiger partial charge in [-0.3, -0.25) is 5.43 Å². The molecule has 5 heteroatoms. The number of aliphatic imine (C=N–C) groups is 1. The van der Waals surface area contributed by atoms with Gasteiger partial charge in [0.25, 0.3) is 0 Å². The van der Waals surface area contributed by atoms with E-state index in [1.165, 1.54) is 0 Å². The number of fused-ring (bicyclic) bond motifs is 1. The molecule has 0 spiro atoms. The number of halogens is 1. The van der Waals surface area contributed by atoms with Crippen molar-refractivity contribution in [2.45, 2.75) is 0 Å². The van der Waals surface area contributed by atoms with Crippen LogP contribution in [-0.4, -0.2) is 18.7 Å². The van der Waals surface area contributed by atoms with E-state index in [0.717, 1.165) is 38.3 Å². The summed E-state index contributed by atoms with van der Waals surface area (Å²) in [7, 11) is 1.65. The van der Waals surface area contributed by atoms with Crippen LogP contribution >= 0.6 is 15.9 Å². The molecule has 0 fully saturated rings. The Morgan fingerprint density at radius 1 is 0.885 bits per heavy atom. The zero-order valence-corrected chi connectivity index (χ0v) is 15.7. The summed E-state index contributed by atoms with van der Waals surface area (Å²) in [6.07, 6.45) is 0. The van der Waals surface area contributed by atoms with Crippen LogP contribution in [0.2, 0.25) is 0 Å². The first-order chi connectivity index (χ1) is 12.7. The number of rotatable bonds is 3. The lowest BCUT2D eigenvalue weighted by Gasteiger charge is -2.08. The van der Waals surface area contributed by atoms with Gasteiger partial charge in [-0.15, -0.1) is 0 Å². The largest absolute Gasteiger partial charge is 0.497 e. The van der Waals surface area contributed by atoms with Crippen molar-refractivity contribution in [1.82, 2.24) is 5.43 Å². The van der Waals surface area contributed by atoms with E-state index in [1.807, 2.05) is 72.8 Å². The van der Waals surface area contributed by atoms with Gasteiger partial charge >= 0.3 is 0 Å². The highest BCUT2D eigenvalue weighted by molar-refractivity contribution is 9.10. The minimum absolute atomic E-state index is 0.696. The van der Waals surface area contributed by atoms with Crippen molar-refractivity contribution in [3.8, 4) is 5.75 Å². The summed E-state index contributed by atoms with van der Waals surface area (Å²) < 4.78 is 6.22. The topological polar surface area (TPSA) is 46.0 Å². The molecule has 0 atom stereocenters. The van der Waals surface area contributed by atoms with Gasteiger partial charge in [-0.1, -0.05) is 46.3 Å². The Balaban J connectivity index is 1.83. The van der Waals surface area contributed by atoms with Crippen LogP contribution in [-0.2, 0) is 0 Å². The number of hydrogen-bond donors (Lipinski definition) is 1. The Bertz CT molecular complexity index is 996. The van der Waals surface area contributed by atoms with Crippen molar-refractivity contribution < 1.29 is 4.74 Å². The Hall–Kier alpha value is -2.92. The number of hydrogen-bond acceptors (Lipinski definition) is 4. The van der Waals surface area contributed by atoms with E-state index in [2.05, 4.69) is 26.5 Å². The molecular weight excluding hydrogens is 390 g/mol. The van der Waals surface area contributed by atoms with Crippen molar-refractivity contribution in [1.29, 1.82) is 0 Å². The summed E-state index contributed by atoms with van der Waals surface area (Å²) in [4.78, 5) is 4.81. The highest BCUT2D eigenvalue weighted by Crippen LogP contribution is 2.29. The molecule has 3 aromatic rings. The van der Waals surface area contributed by atoms with Crippen LogP contribution in [0.15, 0.2) is 87.4 Å². The van der Waals surface area contributed by atoms with Gasteiger partial charge in [0.1, 0.15) is 11.5 Å². The van der Waals surface area contributed by atoms with E-state index in [9.17, 15) is 0 Å². The first-order valence-corrected chi connectivity index (χ1v) is 8.96. The molecular formula is C21H16BrN3O. The van der Waals surface area contributed by atoms with E-state index in [-0.39, 0.29) is 0 Å². The summed E-state index contributed by atoms with van der Waals surface area (Å²) in [6.45, 7) is 0. The van der Waals surface area contributed by atoms with Gasteiger partial charge in [0.2, 0.25) is 0 Å². The smallest absolute Gasteiger partial charge is 0.154 e. The first kappa shape index (κ1) is 16.5. The Morgan fingerprint density at radius 2 is 1.65 bits per heavy atom. The van der Waals surface area contributed by atoms with E-state index < -0.39 is 0 Å². The molecule has 0 aliphatic carbocycles. The molecule has 4 nitrogen and oxygen atoms in total. The predicted octanol–water partition coefficient (Wildman–Crippen LogP) is 4.89. The second-order valence-electron chi connectivity index (χ2n) is 5.79. The molecule has 128 valence electrons. The van der Waals surface area contributed by atoms with Gasteiger partial charge in [0.15, 0.2) is 5.84 Å². The van der Waals surface area contributed by atoms with Gasteiger partial charge in [-0.25, -0.2) is 4.99 Å². The molecule has 0 amide bonds. The zero-order valence-electron chi connectivity index (χ0n) is 14.1. The predicted molar refractivity (Wildman–Crippen MR) is 109 cm³/mol. The molecule has 1 heterocycles. The van der Waals surface area contributed by atoms with Crippen LogP contribution in [0.3, 0.4) is 0 Å². The average molecular weight is 406 g/mol. The molecule has 3 aromatic carbocycles. The summed E-state index contributed by atoms with van der Waals surface area (Å²) in [5.41, 5.74) is 7.80. The quantitative estimate of drug-likeness (QED) is 0.673. The lowest BCUT2D eigenvalue weighted by atomic mass is 10.0. The number of hydrazone groups is 1. The maximum absolute atomic E-state index is 5.23. The van der Waals surface area contributed by atoms with Crippen molar-refractivity contribution in [2.24, 2.45) is 10.1 Å². The normalized spacial score (nSPS) is 13.0. The molecule has 0 saturated heterocycles. The SMILES string of the molecule is COc1ccc(C2=Nc3ccc(Br)cc3C(c3ccccc3)=NN2)cc1. The molecule has 0 radical (unpaired) electrons. The van der Waals surface area contributed by atoms with Crippen molar-refractivity contribution in [3.05, 3.63) is 94.0 Å². The van der Waals surface area contributed by atoms with Gasteiger partial charge in [-0.05, 0) is 42.5 Å². The number of methoxy groups -OCH3 is 1. The second-order valence-corrected chi connectivity index (χ2v) is 6.70. The van der Waals surface area contributed by atoms with Crippen LogP contribution in [0.4, 0.5) is 5.69 Å². The second kappa shape index (κ2) is 7.14. The maximum Gasteiger partial charge on any atom is 0.154 e. The number of nitrogens with zero attached hydrogens (tertiary/aromatic N) is 2. The fraction of sp³-hybridized carbons (Fsp3) is 0.0476. The number of benzene rings is 3.